The zero-order valence-electron chi connectivity index (χ0n) is 12.7. The first-order valence-corrected chi connectivity index (χ1v) is 7.01. The highest BCUT2D eigenvalue weighted by Crippen LogP contribution is 2.34. The lowest BCUT2D eigenvalue weighted by atomic mass is 9.86. The third kappa shape index (κ3) is 3.10. The number of hydrogen-bond acceptors (Lipinski definition) is 4. The highest BCUT2D eigenvalue weighted by molar-refractivity contribution is 5.65. The third-order valence-corrected chi connectivity index (χ3v) is 3.88. The number of rotatable bonds is 2. The van der Waals surface area contributed by atoms with E-state index in [0.717, 1.165) is 37.4 Å². The minimum absolute atomic E-state index is 0.0780. The van der Waals surface area contributed by atoms with Crippen molar-refractivity contribution in [2.24, 2.45) is 0 Å². The molecule has 1 heterocycles. The van der Waals surface area contributed by atoms with Crippen molar-refractivity contribution in [1.29, 1.82) is 0 Å². The Hall–Kier alpha value is -1.62. The summed E-state index contributed by atoms with van der Waals surface area (Å²) in [5, 5.41) is 11.4. The molecule has 1 aliphatic rings. The maximum Gasteiger partial charge on any atom is 0.292 e. The summed E-state index contributed by atoms with van der Waals surface area (Å²) in [5.74, 6) is 0. The predicted octanol–water partition coefficient (Wildman–Crippen LogP) is 2.64. The van der Waals surface area contributed by atoms with Crippen LogP contribution in [-0.2, 0) is 5.41 Å². The van der Waals surface area contributed by atoms with E-state index in [9.17, 15) is 10.1 Å². The molecule has 5 heteroatoms. The smallest absolute Gasteiger partial charge is 0.292 e. The summed E-state index contributed by atoms with van der Waals surface area (Å²) in [7, 11) is 2.08. The Morgan fingerprint density at radius 1 is 1.15 bits per heavy atom. The first-order valence-electron chi connectivity index (χ1n) is 7.01. The molecule has 2 rings (SSSR count). The van der Waals surface area contributed by atoms with Crippen LogP contribution < -0.4 is 4.90 Å². The van der Waals surface area contributed by atoms with Crippen LogP contribution in [-0.4, -0.2) is 43.0 Å². The molecule has 0 atom stereocenters. The Morgan fingerprint density at radius 2 is 1.75 bits per heavy atom. The molecule has 1 fully saturated rings. The van der Waals surface area contributed by atoms with Gasteiger partial charge < -0.3 is 9.80 Å². The maximum atomic E-state index is 11.4. The van der Waals surface area contributed by atoms with Gasteiger partial charge in [0.25, 0.3) is 5.69 Å². The second-order valence-electron chi connectivity index (χ2n) is 6.50. The van der Waals surface area contributed by atoms with Crippen LogP contribution in [0.4, 0.5) is 11.4 Å². The Bertz CT molecular complexity index is 500. The Balaban J connectivity index is 2.36. The molecule has 0 aromatic heterocycles. The summed E-state index contributed by atoms with van der Waals surface area (Å²) in [4.78, 5) is 15.5. The number of nitrogens with zero attached hydrogens (tertiary/aromatic N) is 3. The summed E-state index contributed by atoms with van der Waals surface area (Å²) in [6, 6.07) is 5.65. The molecule has 0 amide bonds. The van der Waals surface area contributed by atoms with Crippen molar-refractivity contribution >= 4 is 11.4 Å². The monoisotopic (exact) mass is 277 g/mol. The van der Waals surface area contributed by atoms with Gasteiger partial charge in [0.1, 0.15) is 5.69 Å². The minimum atomic E-state index is -0.261. The van der Waals surface area contributed by atoms with E-state index in [1.165, 1.54) is 0 Å². The normalized spacial score (nSPS) is 17.3. The van der Waals surface area contributed by atoms with Crippen LogP contribution >= 0.6 is 0 Å². The van der Waals surface area contributed by atoms with Crippen LogP contribution in [0.3, 0.4) is 0 Å². The van der Waals surface area contributed by atoms with Gasteiger partial charge in [0.05, 0.1) is 4.92 Å². The summed E-state index contributed by atoms with van der Waals surface area (Å²) >= 11 is 0. The highest BCUT2D eigenvalue weighted by atomic mass is 16.6. The van der Waals surface area contributed by atoms with Gasteiger partial charge in [0.2, 0.25) is 0 Å². The van der Waals surface area contributed by atoms with E-state index in [2.05, 4.69) is 37.6 Å². The number of anilines is 1. The van der Waals surface area contributed by atoms with E-state index in [4.69, 9.17) is 0 Å². The number of nitro benzene ring substituents is 1. The molecule has 0 bridgehead atoms. The van der Waals surface area contributed by atoms with E-state index in [0.29, 0.717) is 0 Å². The molecule has 1 aromatic rings. The largest absolute Gasteiger partial charge is 0.363 e. The number of piperazine rings is 1. The lowest BCUT2D eigenvalue weighted by Gasteiger charge is -2.34. The van der Waals surface area contributed by atoms with Crippen molar-refractivity contribution in [3.8, 4) is 0 Å². The molecule has 0 aliphatic carbocycles. The average Bonchev–Trinajstić information content (AvgIpc) is 2.38. The van der Waals surface area contributed by atoms with Crippen LogP contribution in [0.25, 0.3) is 0 Å². The molecule has 0 N–H and O–H groups in total. The SMILES string of the molecule is CN1CCN(c2ccc(C(C)(C)C)cc2[N+](=O)[O-])CC1. The Morgan fingerprint density at radius 3 is 2.25 bits per heavy atom. The van der Waals surface area contributed by atoms with E-state index in [1.54, 1.807) is 6.07 Å². The lowest BCUT2D eigenvalue weighted by molar-refractivity contribution is -0.384. The third-order valence-electron chi connectivity index (χ3n) is 3.88. The molecular formula is C15H23N3O2. The fraction of sp³-hybridized carbons (Fsp3) is 0.600. The van der Waals surface area contributed by atoms with Crippen molar-refractivity contribution in [3.05, 3.63) is 33.9 Å². The van der Waals surface area contributed by atoms with Crippen molar-refractivity contribution in [2.75, 3.05) is 38.1 Å². The molecule has 5 nitrogen and oxygen atoms in total. The number of nitro groups is 1. The van der Waals surface area contributed by atoms with Gasteiger partial charge in [-0.25, -0.2) is 0 Å². The molecule has 1 aromatic carbocycles. The van der Waals surface area contributed by atoms with Gasteiger partial charge in [-0.15, -0.1) is 0 Å². The van der Waals surface area contributed by atoms with Gasteiger partial charge in [-0.2, -0.15) is 0 Å². The predicted molar refractivity (Wildman–Crippen MR) is 81.5 cm³/mol. The molecule has 20 heavy (non-hydrogen) atoms. The van der Waals surface area contributed by atoms with Crippen LogP contribution in [0.1, 0.15) is 26.3 Å². The molecule has 1 saturated heterocycles. The van der Waals surface area contributed by atoms with Crippen LogP contribution in [0.2, 0.25) is 0 Å². The standard InChI is InChI=1S/C15H23N3O2/c1-15(2,3)12-5-6-13(14(11-12)18(19)20)17-9-7-16(4)8-10-17/h5-6,11H,7-10H2,1-4H3. The quantitative estimate of drug-likeness (QED) is 0.616. The van der Waals surface area contributed by atoms with E-state index in [1.807, 2.05) is 12.1 Å². The van der Waals surface area contributed by atoms with Gasteiger partial charge in [0.15, 0.2) is 0 Å². The van der Waals surface area contributed by atoms with Crippen molar-refractivity contribution in [1.82, 2.24) is 4.90 Å². The minimum Gasteiger partial charge on any atom is -0.363 e. The first-order chi connectivity index (χ1) is 9.29. The molecule has 0 saturated carbocycles. The lowest BCUT2D eigenvalue weighted by Crippen LogP contribution is -2.44. The van der Waals surface area contributed by atoms with Gasteiger partial charge in [0, 0.05) is 32.2 Å². The van der Waals surface area contributed by atoms with Crippen molar-refractivity contribution < 1.29 is 4.92 Å². The van der Waals surface area contributed by atoms with Gasteiger partial charge in [-0.1, -0.05) is 26.8 Å². The van der Waals surface area contributed by atoms with Gasteiger partial charge in [-0.05, 0) is 24.1 Å². The summed E-state index contributed by atoms with van der Waals surface area (Å²) in [6.07, 6.45) is 0. The van der Waals surface area contributed by atoms with E-state index < -0.39 is 0 Å². The van der Waals surface area contributed by atoms with E-state index in [-0.39, 0.29) is 16.0 Å². The zero-order chi connectivity index (χ0) is 14.9. The second kappa shape index (κ2) is 5.40. The maximum absolute atomic E-state index is 11.4. The fourth-order valence-corrected chi connectivity index (χ4v) is 2.45. The average molecular weight is 277 g/mol. The Kier molecular flexibility index (Phi) is 3.99. The van der Waals surface area contributed by atoms with E-state index >= 15 is 0 Å². The fourth-order valence-electron chi connectivity index (χ4n) is 2.45. The van der Waals surface area contributed by atoms with Crippen molar-refractivity contribution in [2.45, 2.75) is 26.2 Å². The number of hydrogen-bond donors (Lipinski definition) is 0. The number of likely N-dealkylation sites (N-methyl/N-ethyl adjacent to an activating group) is 1. The summed E-state index contributed by atoms with van der Waals surface area (Å²) < 4.78 is 0. The molecule has 110 valence electrons. The number of benzene rings is 1. The summed E-state index contributed by atoms with van der Waals surface area (Å²) in [6.45, 7) is 9.78. The van der Waals surface area contributed by atoms with Crippen LogP contribution in [0.5, 0.6) is 0 Å². The topological polar surface area (TPSA) is 49.6 Å². The van der Waals surface area contributed by atoms with Gasteiger partial charge >= 0.3 is 0 Å². The van der Waals surface area contributed by atoms with Crippen LogP contribution in [0.15, 0.2) is 18.2 Å². The highest BCUT2D eigenvalue weighted by Gasteiger charge is 2.25. The van der Waals surface area contributed by atoms with Crippen LogP contribution in [0, 0.1) is 10.1 Å². The molecule has 0 spiro atoms. The van der Waals surface area contributed by atoms with Crippen molar-refractivity contribution in [3.63, 3.8) is 0 Å². The molecule has 0 unspecified atom stereocenters. The molecule has 0 radical (unpaired) electrons. The van der Waals surface area contributed by atoms with Gasteiger partial charge in [-0.3, -0.25) is 10.1 Å². The second-order valence-corrected chi connectivity index (χ2v) is 6.50. The molecular weight excluding hydrogens is 254 g/mol. The first kappa shape index (κ1) is 14.8. The molecule has 1 aliphatic heterocycles. The summed E-state index contributed by atoms with van der Waals surface area (Å²) in [5.41, 5.74) is 1.89. The zero-order valence-corrected chi connectivity index (χ0v) is 12.7. The Labute approximate surface area is 120 Å².